The van der Waals surface area contributed by atoms with Crippen molar-refractivity contribution < 1.29 is 4.79 Å². The molecule has 4 rings (SSSR count). The summed E-state index contributed by atoms with van der Waals surface area (Å²) < 4.78 is 2.07. The van der Waals surface area contributed by atoms with E-state index in [9.17, 15) is 10.1 Å². The van der Waals surface area contributed by atoms with E-state index < -0.39 is 4.87 Å². The average Bonchev–Trinajstić information content (AvgIpc) is 2.87. The summed E-state index contributed by atoms with van der Waals surface area (Å²) in [6, 6.07) is 10.4. The molecule has 5 nitrogen and oxygen atoms in total. The number of nitrogens with zero attached hydrogens (tertiary/aromatic N) is 4. The number of imidazole rings is 1. The van der Waals surface area contributed by atoms with Crippen LogP contribution in [0.2, 0.25) is 0 Å². The molecule has 112 valence electrons. The highest BCUT2D eigenvalue weighted by molar-refractivity contribution is 8.02. The van der Waals surface area contributed by atoms with Gasteiger partial charge in [-0.15, -0.1) is 11.8 Å². The van der Waals surface area contributed by atoms with Crippen molar-refractivity contribution in [3.63, 3.8) is 0 Å². The molecule has 1 amide bonds. The van der Waals surface area contributed by atoms with Crippen LogP contribution in [0.25, 0.3) is 11.0 Å². The maximum absolute atomic E-state index is 12.1. The van der Waals surface area contributed by atoms with Crippen LogP contribution in [0.3, 0.4) is 0 Å². The summed E-state index contributed by atoms with van der Waals surface area (Å²) in [4.78, 5) is 18.3. The van der Waals surface area contributed by atoms with Gasteiger partial charge in [0, 0.05) is 13.6 Å². The standard InChI is InChI=1S/C16H16N4OS/c1-3-20-13(21)9-22-16(20)10(8-17)14(16)15-18-11-6-4-5-7-12(11)19(15)2/h4-7,10,14H,3,9H2,1-2H3. The number of hydrogen-bond acceptors (Lipinski definition) is 4. The Morgan fingerprint density at radius 1 is 1.50 bits per heavy atom. The molecule has 1 aliphatic heterocycles. The third-order valence-corrected chi connectivity index (χ3v) is 6.40. The van der Waals surface area contributed by atoms with E-state index in [1.807, 2.05) is 43.1 Å². The van der Waals surface area contributed by atoms with E-state index in [0.29, 0.717) is 12.3 Å². The van der Waals surface area contributed by atoms with Gasteiger partial charge in [-0.2, -0.15) is 5.26 Å². The van der Waals surface area contributed by atoms with Crippen molar-refractivity contribution in [2.75, 3.05) is 12.3 Å². The number of aryl methyl sites for hydroxylation is 1. The summed E-state index contributed by atoms with van der Waals surface area (Å²) in [5.74, 6) is 1.32. The van der Waals surface area contributed by atoms with Crippen molar-refractivity contribution in [3.05, 3.63) is 30.1 Å². The number of carbonyl (C=O) groups excluding carboxylic acids is 1. The molecule has 22 heavy (non-hydrogen) atoms. The molecule has 6 heteroatoms. The number of hydrogen-bond donors (Lipinski definition) is 0. The Kier molecular flexibility index (Phi) is 2.79. The number of thioether (sulfide) groups is 1. The van der Waals surface area contributed by atoms with Crippen molar-refractivity contribution in [1.29, 1.82) is 5.26 Å². The van der Waals surface area contributed by atoms with E-state index in [1.165, 1.54) is 0 Å². The van der Waals surface area contributed by atoms with Gasteiger partial charge in [-0.25, -0.2) is 4.98 Å². The summed E-state index contributed by atoms with van der Waals surface area (Å²) in [5, 5.41) is 9.59. The van der Waals surface area contributed by atoms with Gasteiger partial charge in [-0.05, 0) is 19.1 Å². The lowest BCUT2D eigenvalue weighted by Crippen LogP contribution is -2.36. The predicted molar refractivity (Wildman–Crippen MR) is 85.1 cm³/mol. The third-order valence-electron chi connectivity index (χ3n) is 4.82. The molecule has 1 saturated heterocycles. The number of carbonyl (C=O) groups is 1. The highest BCUT2D eigenvalue weighted by Crippen LogP contribution is 2.68. The van der Waals surface area contributed by atoms with Gasteiger partial charge in [0.1, 0.15) is 10.7 Å². The van der Waals surface area contributed by atoms with Gasteiger partial charge in [-0.1, -0.05) is 12.1 Å². The fraction of sp³-hybridized carbons (Fsp3) is 0.438. The normalized spacial score (nSPS) is 30.2. The molecule has 0 radical (unpaired) electrons. The van der Waals surface area contributed by atoms with Gasteiger partial charge in [0.15, 0.2) is 0 Å². The van der Waals surface area contributed by atoms with E-state index in [-0.39, 0.29) is 17.7 Å². The van der Waals surface area contributed by atoms with Crippen LogP contribution >= 0.6 is 11.8 Å². The van der Waals surface area contributed by atoms with Gasteiger partial charge < -0.3 is 9.47 Å². The number of rotatable bonds is 2. The monoisotopic (exact) mass is 312 g/mol. The number of fused-ring (bicyclic) bond motifs is 1. The summed E-state index contributed by atoms with van der Waals surface area (Å²) in [6.45, 7) is 2.62. The number of likely N-dealkylation sites (N-methyl/N-ethyl adjacent to an activating group) is 1. The minimum Gasteiger partial charge on any atom is -0.331 e. The SMILES string of the molecule is CCN1C(=O)CSC12C(C#N)C2c1nc2ccccc2n1C. The van der Waals surface area contributed by atoms with Crippen molar-refractivity contribution in [2.24, 2.45) is 13.0 Å². The minimum atomic E-state index is -0.407. The van der Waals surface area contributed by atoms with Crippen molar-refractivity contribution >= 4 is 28.7 Å². The summed E-state index contributed by atoms with van der Waals surface area (Å²) in [6.07, 6.45) is 0. The molecule has 3 atom stereocenters. The van der Waals surface area contributed by atoms with Crippen molar-refractivity contribution in [1.82, 2.24) is 14.5 Å². The molecular weight excluding hydrogens is 296 g/mol. The van der Waals surface area contributed by atoms with Crippen LogP contribution in [0.4, 0.5) is 0 Å². The molecule has 1 aromatic heterocycles. The van der Waals surface area contributed by atoms with Crippen LogP contribution in [-0.4, -0.2) is 37.5 Å². The van der Waals surface area contributed by atoms with Crippen LogP contribution in [0.1, 0.15) is 18.7 Å². The van der Waals surface area contributed by atoms with Crippen molar-refractivity contribution in [2.45, 2.75) is 17.7 Å². The van der Waals surface area contributed by atoms with Crippen LogP contribution in [0.15, 0.2) is 24.3 Å². The maximum atomic E-state index is 12.1. The minimum absolute atomic E-state index is 0.00806. The largest absolute Gasteiger partial charge is 0.331 e. The van der Waals surface area contributed by atoms with Crippen LogP contribution in [0.5, 0.6) is 0 Å². The van der Waals surface area contributed by atoms with Gasteiger partial charge in [0.2, 0.25) is 5.91 Å². The number of amides is 1. The Hall–Kier alpha value is -2.00. The van der Waals surface area contributed by atoms with Crippen LogP contribution < -0.4 is 0 Å². The average molecular weight is 312 g/mol. The molecule has 2 heterocycles. The van der Waals surface area contributed by atoms with E-state index in [0.717, 1.165) is 16.9 Å². The smallest absolute Gasteiger partial charge is 0.233 e. The fourth-order valence-electron chi connectivity index (χ4n) is 3.76. The number of aromatic nitrogens is 2. The van der Waals surface area contributed by atoms with Crippen LogP contribution in [0, 0.1) is 17.2 Å². The number of para-hydroxylation sites is 2. The molecule has 1 aliphatic carbocycles. The summed E-state index contributed by atoms with van der Waals surface area (Å²) in [5.41, 5.74) is 2.00. The Labute approximate surface area is 132 Å². The Morgan fingerprint density at radius 2 is 2.27 bits per heavy atom. The molecule has 3 unspecified atom stereocenters. The molecule has 2 fully saturated rings. The van der Waals surface area contributed by atoms with Gasteiger partial charge >= 0.3 is 0 Å². The molecule has 1 saturated carbocycles. The lowest BCUT2D eigenvalue weighted by Gasteiger charge is -2.23. The predicted octanol–water partition coefficient (Wildman–Crippen LogP) is 2.10. The highest BCUT2D eigenvalue weighted by atomic mass is 32.2. The fourth-order valence-corrected chi connectivity index (χ4v) is 5.38. The molecule has 0 bridgehead atoms. The molecule has 0 N–H and O–H groups in total. The first-order valence-electron chi connectivity index (χ1n) is 7.40. The first-order chi connectivity index (χ1) is 10.6. The maximum Gasteiger partial charge on any atom is 0.233 e. The third kappa shape index (κ3) is 1.49. The Balaban J connectivity index is 1.84. The molecule has 2 aromatic rings. The lowest BCUT2D eigenvalue weighted by atomic mass is 10.3. The van der Waals surface area contributed by atoms with Gasteiger partial charge in [0.05, 0.1) is 34.7 Å². The lowest BCUT2D eigenvalue weighted by molar-refractivity contribution is -0.128. The second-order valence-electron chi connectivity index (χ2n) is 5.78. The molecule has 1 aromatic carbocycles. The highest BCUT2D eigenvalue weighted by Gasteiger charge is 2.74. The zero-order chi connectivity index (χ0) is 15.5. The quantitative estimate of drug-likeness (QED) is 0.852. The molecule has 2 aliphatic rings. The first kappa shape index (κ1) is 13.6. The molecular formula is C16H16N4OS. The zero-order valence-electron chi connectivity index (χ0n) is 12.5. The van der Waals surface area contributed by atoms with Crippen molar-refractivity contribution in [3.8, 4) is 6.07 Å². The Morgan fingerprint density at radius 3 is 2.95 bits per heavy atom. The first-order valence-corrected chi connectivity index (χ1v) is 8.39. The topological polar surface area (TPSA) is 61.9 Å². The number of benzene rings is 1. The Bertz CT molecular complexity index is 823. The van der Waals surface area contributed by atoms with Gasteiger partial charge in [0.25, 0.3) is 0 Å². The van der Waals surface area contributed by atoms with E-state index in [2.05, 4.69) is 10.6 Å². The molecule has 1 spiro atoms. The second kappa shape index (κ2) is 4.50. The van der Waals surface area contributed by atoms with Crippen LogP contribution in [-0.2, 0) is 11.8 Å². The van der Waals surface area contributed by atoms with E-state index in [1.54, 1.807) is 11.8 Å². The van der Waals surface area contributed by atoms with E-state index >= 15 is 0 Å². The van der Waals surface area contributed by atoms with E-state index in [4.69, 9.17) is 4.98 Å². The second-order valence-corrected chi connectivity index (χ2v) is 7.01. The summed E-state index contributed by atoms with van der Waals surface area (Å²) >= 11 is 1.61. The summed E-state index contributed by atoms with van der Waals surface area (Å²) in [7, 11) is 1.99. The number of nitriles is 1. The van der Waals surface area contributed by atoms with Gasteiger partial charge in [-0.3, -0.25) is 4.79 Å². The zero-order valence-corrected chi connectivity index (χ0v) is 13.3.